The van der Waals surface area contributed by atoms with Crippen LogP contribution < -0.4 is 10.6 Å². The third-order valence-electron chi connectivity index (χ3n) is 23.8. The van der Waals surface area contributed by atoms with E-state index in [2.05, 4.69) is 106 Å². The van der Waals surface area contributed by atoms with Gasteiger partial charge in [0.1, 0.15) is 0 Å². The molecule has 10 heteroatoms. The molecule has 2 atom stereocenters. The molecular formula is C95H166O8P2. The Morgan fingerprint density at radius 3 is 0.762 bits per heavy atom. The first kappa shape index (κ1) is 94.5. The van der Waals surface area contributed by atoms with Crippen molar-refractivity contribution in [1.29, 1.82) is 0 Å². The number of rotatable bonds is 62. The van der Waals surface area contributed by atoms with Crippen LogP contribution in [0.25, 0.3) is 0 Å². The van der Waals surface area contributed by atoms with Gasteiger partial charge in [0.2, 0.25) is 0 Å². The molecule has 0 spiro atoms. The number of phenolic OH excluding ortho intramolecular Hbond substituents is 2. The second kappa shape index (κ2) is 49.5. The molecule has 4 aromatic rings. The predicted octanol–water partition coefficient (Wildman–Crippen LogP) is 28.2. The summed E-state index contributed by atoms with van der Waals surface area (Å²) in [6, 6.07) is 24.0. The summed E-state index contributed by atoms with van der Waals surface area (Å²) in [6.45, 7) is 29.8. The molecule has 0 fully saturated rings. The van der Waals surface area contributed by atoms with E-state index in [1.807, 2.05) is 64.1 Å². The summed E-state index contributed by atoms with van der Waals surface area (Å²) < 4.78 is 15.3. The van der Waals surface area contributed by atoms with Crippen molar-refractivity contribution in [2.75, 3.05) is 12.3 Å². The fourth-order valence-corrected chi connectivity index (χ4v) is 22.3. The fraction of sp³-hybridized carbons (Fsp3) is 0.747. The van der Waals surface area contributed by atoms with E-state index in [0.29, 0.717) is 23.5 Å². The van der Waals surface area contributed by atoms with Crippen LogP contribution >= 0.6 is 14.6 Å². The standard InChI is InChI=1S/C95H166O8P2/c1-15-19-23-27-31-33-35-37-39-41-43-45-47-51-55-59-71-104(98,99,87-67-63-83(64-68-87)61-57-53-49-29-25-21-17-3)102-81(7)95(77-85-75-89(93(9,10)11)91(96)73-79(85)5,78-86-76-90(94(12,13)14)92(97)74-80(86)6)82(8)103-105(100,101,88-69-65-84(66-70-88)62-58-54-50-30-26-22-18-4)72-60-56-52-48-46-44-42-40-38-36-34-32-28-24-20-16-2/h63-70,73-76,81-82,96-101H,15-62,71-72,77-78H2,1-14H3. The van der Waals surface area contributed by atoms with Crippen LogP contribution in [0.4, 0.5) is 0 Å². The first-order valence-corrected chi connectivity index (χ1v) is 48.8. The molecule has 0 radical (unpaired) electrons. The van der Waals surface area contributed by atoms with Gasteiger partial charge in [0.15, 0.2) is 0 Å². The van der Waals surface area contributed by atoms with Gasteiger partial charge in [0.25, 0.3) is 0 Å². The van der Waals surface area contributed by atoms with Crippen molar-refractivity contribution in [2.45, 2.75) is 441 Å². The molecule has 8 nitrogen and oxygen atoms in total. The van der Waals surface area contributed by atoms with E-state index in [4.69, 9.17) is 9.05 Å². The first-order valence-electron chi connectivity index (χ1n) is 44.3. The van der Waals surface area contributed by atoms with E-state index in [0.717, 1.165) is 97.6 Å². The molecule has 0 saturated heterocycles. The van der Waals surface area contributed by atoms with Gasteiger partial charge in [-0.2, -0.15) is 0 Å². The Kier molecular flexibility index (Phi) is 44.5. The molecule has 6 N–H and O–H groups in total. The number of unbranched alkanes of at least 4 members (excludes halogenated alkanes) is 42. The van der Waals surface area contributed by atoms with Crippen molar-refractivity contribution in [2.24, 2.45) is 5.41 Å². The zero-order valence-corrected chi connectivity index (χ0v) is 72.5. The molecule has 0 aliphatic carbocycles. The van der Waals surface area contributed by atoms with E-state index in [-0.39, 0.29) is 36.7 Å². The zero-order valence-electron chi connectivity index (χ0n) is 70.7. The van der Waals surface area contributed by atoms with Gasteiger partial charge in [0, 0.05) is 0 Å². The maximum atomic E-state index is 14.1. The van der Waals surface area contributed by atoms with Crippen molar-refractivity contribution >= 4 is 25.2 Å². The van der Waals surface area contributed by atoms with Crippen molar-refractivity contribution in [3.05, 3.63) is 117 Å². The van der Waals surface area contributed by atoms with Crippen LogP contribution in [0.3, 0.4) is 0 Å². The number of aryl methyl sites for hydroxylation is 4. The Hall–Kier alpha value is -2.90. The minimum atomic E-state index is -5.40. The van der Waals surface area contributed by atoms with Crippen molar-refractivity contribution in [1.82, 2.24) is 0 Å². The molecule has 604 valence electrons. The molecular weight excluding hydrogens is 1330 g/mol. The van der Waals surface area contributed by atoms with Crippen LogP contribution in [0.2, 0.25) is 0 Å². The van der Waals surface area contributed by atoms with Crippen molar-refractivity contribution in [3.63, 3.8) is 0 Å². The fourth-order valence-electron chi connectivity index (χ4n) is 16.5. The Morgan fingerprint density at radius 1 is 0.314 bits per heavy atom. The summed E-state index contributed by atoms with van der Waals surface area (Å²) in [6.07, 6.45) is 56.0. The van der Waals surface area contributed by atoms with Gasteiger partial charge in [-0.3, -0.25) is 0 Å². The topological polar surface area (TPSA) is 140 Å². The Labute approximate surface area is 647 Å². The quantitative estimate of drug-likeness (QED) is 0.0190. The summed E-state index contributed by atoms with van der Waals surface area (Å²) in [5.41, 5.74) is 5.27. The van der Waals surface area contributed by atoms with Crippen molar-refractivity contribution < 1.29 is 38.8 Å². The number of hydrogen-bond acceptors (Lipinski definition) is 8. The van der Waals surface area contributed by atoms with Gasteiger partial charge in [-0.1, -0.05) is 91.9 Å². The molecule has 0 saturated carbocycles. The van der Waals surface area contributed by atoms with Crippen molar-refractivity contribution in [3.8, 4) is 11.5 Å². The van der Waals surface area contributed by atoms with E-state index < -0.39 is 43.0 Å². The second-order valence-corrected chi connectivity index (χ2v) is 42.3. The molecule has 4 rings (SSSR count). The third kappa shape index (κ3) is 34.7. The summed E-state index contributed by atoms with van der Waals surface area (Å²) in [4.78, 5) is 56.4. The van der Waals surface area contributed by atoms with Crippen LogP contribution in [0.5, 0.6) is 11.5 Å². The van der Waals surface area contributed by atoms with E-state index in [1.54, 1.807) is 0 Å². The van der Waals surface area contributed by atoms with Crippen LogP contribution in [0, 0.1) is 19.3 Å². The van der Waals surface area contributed by atoms with Gasteiger partial charge >= 0.3 is 560 Å². The number of aromatic hydroxyl groups is 2. The molecule has 0 aliphatic rings. The predicted molar refractivity (Wildman–Crippen MR) is 461 cm³/mol. The molecule has 0 aliphatic heterocycles. The van der Waals surface area contributed by atoms with Gasteiger partial charge in [-0.25, -0.2) is 0 Å². The molecule has 0 aromatic heterocycles. The van der Waals surface area contributed by atoms with Crippen LogP contribution in [0.15, 0.2) is 72.8 Å². The Bertz CT molecular complexity index is 2720. The van der Waals surface area contributed by atoms with Gasteiger partial charge in [0.05, 0.1) is 0 Å². The van der Waals surface area contributed by atoms with Gasteiger partial charge < -0.3 is 0 Å². The number of phenols is 2. The summed E-state index contributed by atoms with van der Waals surface area (Å²) in [5.74, 6) is 0.420. The van der Waals surface area contributed by atoms with Crippen LogP contribution in [-0.2, 0) is 45.6 Å². The third-order valence-corrected chi connectivity index (χ3v) is 30.3. The first-order chi connectivity index (χ1) is 50.0. The van der Waals surface area contributed by atoms with Crippen LogP contribution in [0.1, 0.15) is 423 Å². The second-order valence-electron chi connectivity index (χ2n) is 35.5. The molecule has 0 heterocycles. The molecule has 0 amide bonds. The number of benzene rings is 4. The average molecular weight is 1500 g/mol. The van der Waals surface area contributed by atoms with E-state index in [9.17, 15) is 29.8 Å². The Morgan fingerprint density at radius 2 is 0.533 bits per heavy atom. The normalized spacial score (nSPS) is 14.0. The summed E-state index contributed by atoms with van der Waals surface area (Å²) in [7, 11) is -10.8. The zero-order chi connectivity index (χ0) is 77.1. The van der Waals surface area contributed by atoms with Gasteiger partial charge in [-0.05, 0) is 0 Å². The molecule has 2 unspecified atom stereocenters. The minimum absolute atomic E-state index is 0.0412. The monoisotopic (exact) mass is 1500 g/mol. The van der Waals surface area contributed by atoms with Crippen LogP contribution in [-0.4, -0.2) is 54.3 Å². The summed E-state index contributed by atoms with van der Waals surface area (Å²) in [5, 5.41) is 24.4. The molecule has 4 aromatic carbocycles. The summed E-state index contributed by atoms with van der Waals surface area (Å²) >= 11 is 0. The van der Waals surface area contributed by atoms with E-state index in [1.165, 1.54) is 242 Å². The SMILES string of the molecule is CCCCCCCCCCCCCCCCCCP(O)(O)(OC(C)C(Cc1cc(C(C)(C)C)c(O)cc1C)(Cc1cc(C(C)(C)C)c(O)cc1C)C(C)OP(O)(O)(CCCCCCCCCCCCCCCCCC)c1ccc(CCCCCCCCC)cc1)c1ccc(CCCCCCCCC)cc1. The molecule has 0 bridgehead atoms. The molecule has 105 heavy (non-hydrogen) atoms. The average Bonchev–Trinajstić information content (AvgIpc) is 0.730. The Balaban J connectivity index is 1.88. The maximum absolute atomic E-state index is 14.1. The van der Waals surface area contributed by atoms with E-state index >= 15 is 0 Å². The van der Waals surface area contributed by atoms with Gasteiger partial charge in [-0.15, -0.1) is 0 Å². The number of hydrogen-bond donors (Lipinski definition) is 6.